The second kappa shape index (κ2) is 4.44. The Morgan fingerprint density at radius 3 is 2.87 bits per heavy atom. The Labute approximate surface area is 91.7 Å². The van der Waals surface area contributed by atoms with Gasteiger partial charge >= 0.3 is 0 Å². The molecule has 0 saturated heterocycles. The summed E-state index contributed by atoms with van der Waals surface area (Å²) in [5, 5.41) is 11.1. The number of oxime groups is 1. The lowest BCUT2D eigenvalue weighted by atomic mass is 10.5. The number of hydrogen-bond donors (Lipinski definition) is 1. The zero-order chi connectivity index (χ0) is 10.7. The van der Waals surface area contributed by atoms with Crippen molar-refractivity contribution in [2.45, 2.75) is 12.8 Å². The van der Waals surface area contributed by atoms with Crippen LogP contribution in [-0.4, -0.2) is 27.0 Å². The molecule has 1 heterocycles. The molecule has 15 heavy (non-hydrogen) atoms. The van der Waals surface area contributed by atoms with Gasteiger partial charge in [0.2, 0.25) is 5.88 Å². The van der Waals surface area contributed by atoms with E-state index in [1.807, 2.05) is 0 Å². The molecule has 0 aromatic carbocycles. The molecular weight excluding hydrogens is 218 g/mol. The first-order valence-electron chi connectivity index (χ1n) is 4.62. The average molecular weight is 228 g/mol. The lowest BCUT2D eigenvalue weighted by molar-refractivity contribution is 0.287. The molecule has 0 unspecified atom stereocenters. The van der Waals surface area contributed by atoms with Crippen LogP contribution in [0.3, 0.4) is 0 Å². The van der Waals surface area contributed by atoms with Gasteiger partial charge in [-0.05, 0) is 18.8 Å². The van der Waals surface area contributed by atoms with Crippen molar-refractivity contribution in [3.8, 4) is 5.88 Å². The summed E-state index contributed by atoms with van der Waals surface area (Å²) in [7, 11) is 0. The normalized spacial score (nSPS) is 16.5. The standard InChI is InChI=1S/C9H10ClN3O2/c10-9(13-14)7-3-12-8(4-11-7)15-5-6-1-2-6/h3-4,6,14H,1-2,5H2/b13-9-. The predicted molar refractivity (Wildman–Crippen MR) is 54.4 cm³/mol. The molecule has 1 saturated carbocycles. The van der Waals surface area contributed by atoms with E-state index in [-0.39, 0.29) is 5.17 Å². The molecule has 1 fully saturated rings. The number of ether oxygens (including phenoxy) is 1. The van der Waals surface area contributed by atoms with E-state index in [1.54, 1.807) is 0 Å². The molecule has 1 N–H and O–H groups in total. The predicted octanol–water partition coefficient (Wildman–Crippen LogP) is 1.64. The topological polar surface area (TPSA) is 67.6 Å². The van der Waals surface area contributed by atoms with Crippen molar-refractivity contribution >= 4 is 16.8 Å². The summed E-state index contributed by atoms with van der Waals surface area (Å²) >= 11 is 5.54. The van der Waals surface area contributed by atoms with Crippen LogP contribution in [0, 0.1) is 5.92 Å². The summed E-state index contributed by atoms with van der Waals surface area (Å²) in [4.78, 5) is 7.92. The minimum Gasteiger partial charge on any atom is -0.476 e. The lowest BCUT2D eigenvalue weighted by Crippen LogP contribution is -2.03. The molecule has 1 aliphatic carbocycles. The third-order valence-electron chi connectivity index (χ3n) is 2.09. The first-order chi connectivity index (χ1) is 7.29. The largest absolute Gasteiger partial charge is 0.476 e. The van der Waals surface area contributed by atoms with Crippen LogP contribution >= 0.6 is 11.6 Å². The fraction of sp³-hybridized carbons (Fsp3) is 0.444. The van der Waals surface area contributed by atoms with Crippen molar-refractivity contribution in [2.75, 3.05) is 6.61 Å². The highest BCUT2D eigenvalue weighted by molar-refractivity contribution is 6.69. The summed E-state index contributed by atoms with van der Waals surface area (Å²) in [5.74, 6) is 1.14. The Balaban J connectivity index is 1.96. The number of hydrogen-bond acceptors (Lipinski definition) is 5. The summed E-state index contributed by atoms with van der Waals surface area (Å²) in [6.07, 6.45) is 5.33. The van der Waals surface area contributed by atoms with Crippen molar-refractivity contribution < 1.29 is 9.94 Å². The molecule has 1 aromatic rings. The van der Waals surface area contributed by atoms with Crippen LogP contribution in [0.15, 0.2) is 17.5 Å². The van der Waals surface area contributed by atoms with Crippen LogP contribution in [0.25, 0.3) is 0 Å². The van der Waals surface area contributed by atoms with Crippen molar-refractivity contribution in [2.24, 2.45) is 11.1 Å². The smallest absolute Gasteiger partial charge is 0.232 e. The van der Waals surface area contributed by atoms with E-state index in [9.17, 15) is 0 Å². The van der Waals surface area contributed by atoms with E-state index in [2.05, 4.69) is 15.1 Å². The quantitative estimate of drug-likeness (QED) is 0.482. The van der Waals surface area contributed by atoms with Gasteiger partial charge in [0.1, 0.15) is 5.69 Å². The van der Waals surface area contributed by atoms with E-state index in [4.69, 9.17) is 21.5 Å². The fourth-order valence-electron chi connectivity index (χ4n) is 1.04. The molecule has 5 nitrogen and oxygen atoms in total. The molecule has 0 spiro atoms. The van der Waals surface area contributed by atoms with Crippen LogP contribution in [0.4, 0.5) is 0 Å². The van der Waals surface area contributed by atoms with Gasteiger partial charge in [-0.2, -0.15) is 0 Å². The highest BCUT2D eigenvalue weighted by Crippen LogP contribution is 2.29. The molecule has 0 aliphatic heterocycles. The highest BCUT2D eigenvalue weighted by atomic mass is 35.5. The third-order valence-corrected chi connectivity index (χ3v) is 2.36. The average Bonchev–Trinajstić information content (AvgIpc) is 3.10. The van der Waals surface area contributed by atoms with Gasteiger partial charge in [-0.25, -0.2) is 9.97 Å². The molecule has 80 valence electrons. The summed E-state index contributed by atoms with van der Waals surface area (Å²) in [5.41, 5.74) is 0.318. The van der Waals surface area contributed by atoms with E-state index in [0.29, 0.717) is 24.1 Å². The van der Waals surface area contributed by atoms with Gasteiger partial charge in [0.05, 0.1) is 19.0 Å². The van der Waals surface area contributed by atoms with E-state index < -0.39 is 0 Å². The van der Waals surface area contributed by atoms with Crippen LogP contribution in [0.2, 0.25) is 0 Å². The zero-order valence-electron chi connectivity index (χ0n) is 7.93. The van der Waals surface area contributed by atoms with Crippen molar-refractivity contribution in [1.29, 1.82) is 0 Å². The van der Waals surface area contributed by atoms with Crippen molar-refractivity contribution in [3.63, 3.8) is 0 Å². The first-order valence-corrected chi connectivity index (χ1v) is 5.00. The second-order valence-corrected chi connectivity index (χ2v) is 3.74. The summed E-state index contributed by atoms with van der Waals surface area (Å²) in [6, 6.07) is 0. The minimum atomic E-state index is -0.0868. The highest BCUT2D eigenvalue weighted by Gasteiger charge is 2.22. The van der Waals surface area contributed by atoms with Gasteiger partial charge in [0, 0.05) is 0 Å². The molecule has 1 aliphatic rings. The Morgan fingerprint density at radius 1 is 1.53 bits per heavy atom. The van der Waals surface area contributed by atoms with Crippen molar-refractivity contribution in [1.82, 2.24) is 9.97 Å². The monoisotopic (exact) mass is 227 g/mol. The van der Waals surface area contributed by atoms with Gasteiger partial charge < -0.3 is 9.94 Å². The van der Waals surface area contributed by atoms with Gasteiger partial charge in [-0.3, -0.25) is 0 Å². The Morgan fingerprint density at radius 2 is 2.33 bits per heavy atom. The lowest BCUT2D eigenvalue weighted by Gasteiger charge is -2.03. The van der Waals surface area contributed by atoms with Crippen LogP contribution in [-0.2, 0) is 0 Å². The maximum absolute atomic E-state index is 8.40. The van der Waals surface area contributed by atoms with Gasteiger partial charge in [-0.15, -0.1) is 0 Å². The molecule has 1 aromatic heterocycles. The van der Waals surface area contributed by atoms with E-state index in [1.165, 1.54) is 25.2 Å². The molecule has 6 heteroatoms. The third kappa shape index (κ3) is 2.79. The number of nitrogens with zero attached hydrogens (tertiary/aromatic N) is 3. The van der Waals surface area contributed by atoms with Crippen LogP contribution in [0.5, 0.6) is 5.88 Å². The molecule has 2 rings (SSSR count). The Kier molecular flexibility index (Phi) is 3.01. The van der Waals surface area contributed by atoms with Gasteiger partial charge in [0.15, 0.2) is 5.17 Å². The molecule has 0 atom stereocenters. The molecule has 0 bridgehead atoms. The minimum absolute atomic E-state index is 0.0868. The zero-order valence-corrected chi connectivity index (χ0v) is 8.68. The number of halogens is 1. The van der Waals surface area contributed by atoms with Crippen LogP contribution < -0.4 is 4.74 Å². The Hall–Kier alpha value is -1.36. The molecular formula is C9H10ClN3O2. The summed E-state index contributed by atoms with van der Waals surface area (Å²) in [6.45, 7) is 0.690. The number of aromatic nitrogens is 2. The number of rotatable bonds is 4. The van der Waals surface area contributed by atoms with E-state index in [0.717, 1.165) is 0 Å². The molecule has 0 amide bonds. The summed E-state index contributed by atoms with van der Waals surface area (Å²) < 4.78 is 5.38. The maximum atomic E-state index is 8.40. The SMILES string of the molecule is O/N=C(\Cl)c1cnc(OCC2CC2)cn1. The van der Waals surface area contributed by atoms with Gasteiger partial charge in [0.25, 0.3) is 0 Å². The fourth-order valence-corrected chi connectivity index (χ4v) is 1.13. The first kappa shape index (κ1) is 10.2. The Bertz CT molecular complexity index is 362. The van der Waals surface area contributed by atoms with Crippen LogP contribution in [0.1, 0.15) is 18.5 Å². The van der Waals surface area contributed by atoms with E-state index >= 15 is 0 Å². The second-order valence-electron chi connectivity index (χ2n) is 3.39. The van der Waals surface area contributed by atoms with Gasteiger partial charge in [-0.1, -0.05) is 16.8 Å². The molecule has 0 radical (unpaired) electrons. The van der Waals surface area contributed by atoms with Crippen molar-refractivity contribution in [3.05, 3.63) is 18.1 Å². The maximum Gasteiger partial charge on any atom is 0.232 e.